The summed E-state index contributed by atoms with van der Waals surface area (Å²) in [6.45, 7) is 1.29. The molecule has 21 heavy (non-hydrogen) atoms. The first-order chi connectivity index (χ1) is 10.1. The Morgan fingerprint density at radius 2 is 1.90 bits per heavy atom. The lowest BCUT2D eigenvalue weighted by atomic mass is 9.96. The van der Waals surface area contributed by atoms with Gasteiger partial charge in [0.2, 0.25) is 17.8 Å². The molecule has 0 unspecified atom stereocenters. The molecule has 1 amide bonds. The number of hydrogen-bond donors (Lipinski definition) is 2. The number of nitrogen functional groups attached to an aromatic ring is 1. The molecule has 0 bridgehead atoms. The van der Waals surface area contributed by atoms with Crippen molar-refractivity contribution in [2.45, 2.75) is 12.8 Å². The van der Waals surface area contributed by atoms with Crippen molar-refractivity contribution in [2.75, 3.05) is 23.7 Å². The van der Waals surface area contributed by atoms with Crippen molar-refractivity contribution in [3.63, 3.8) is 0 Å². The molecule has 3 rings (SSSR count). The summed E-state index contributed by atoms with van der Waals surface area (Å²) in [7, 11) is 0. The lowest BCUT2D eigenvalue weighted by Gasteiger charge is -2.30. The Morgan fingerprint density at radius 1 is 1.19 bits per heavy atom. The van der Waals surface area contributed by atoms with Crippen molar-refractivity contribution in [1.29, 1.82) is 0 Å². The molecule has 10 heteroatoms. The first-order valence-electron chi connectivity index (χ1n) is 6.54. The van der Waals surface area contributed by atoms with Crippen LogP contribution in [0.4, 0.5) is 11.9 Å². The summed E-state index contributed by atoms with van der Waals surface area (Å²) < 4.78 is 1.41. The zero-order valence-corrected chi connectivity index (χ0v) is 11.3. The summed E-state index contributed by atoms with van der Waals surface area (Å²) in [5.74, 6) is 0.550. The molecule has 1 fully saturated rings. The smallest absolute Gasteiger partial charge is 0.258 e. The van der Waals surface area contributed by atoms with Crippen LogP contribution in [0.2, 0.25) is 0 Å². The minimum Gasteiger partial charge on any atom is -0.369 e. The van der Waals surface area contributed by atoms with Gasteiger partial charge in [0.05, 0.1) is 0 Å². The van der Waals surface area contributed by atoms with Gasteiger partial charge in [-0.2, -0.15) is 24.7 Å². The Balaban J connectivity index is 1.82. The molecule has 0 atom stereocenters. The minimum absolute atomic E-state index is 0.0878. The van der Waals surface area contributed by atoms with E-state index in [0.29, 0.717) is 37.8 Å². The standard InChI is InChI=1S/C11H15N9O/c12-8(21)7-1-3-19(4-2-7)10-16-9(13)17-11(18-10)20-6-14-5-15-20/h5-7H,1-4H2,(H2,12,21)(H2,13,16,17,18). The van der Waals surface area contributed by atoms with Gasteiger partial charge in [-0.25, -0.2) is 4.98 Å². The Labute approximate surface area is 120 Å². The summed E-state index contributed by atoms with van der Waals surface area (Å²) in [5, 5.41) is 3.97. The van der Waals surface area contributed by atoms with Crippen LogP contribution in [0.1, 0.15) is 12.8 Å². The van der Waals surface area contributed by atoms with Crippen LogP contribution in [-0.4, -0.2) is 48.7 Å². The quantitative estimate of drug-likeness (QED) is 0.712. The SMILES string of the molecule is NC(=O)C1CCN(c2nc(N)nc(-n3cncn3)n2)CC1. The van der Waals surface area contributed by atoms with Gasteiger partial charge in [-0.3, -0.25) is 4.79 Å². The van der Waals surface area contributed by atoms with Gasteiger partial charge in [0.25, 0.3) is 5.95 Å². The van der Waals surface area contributed by atoms with Crippen molar-refractivity contribution in [1.82, 2.24) is 29.7 Å². The Morgan fingerprint density at radius 3 is 2.52 bits per heavy atom. The summed E-state index contributed by atoms with van der Waals surface area (Å²) in [5.41, 5.74) is 11.0. The van der Waals surface area contributed by atoms with Gasteiger partial charge in [-0.15, -0.1) is 0 Å². The fraction of sp³-hybridized carbons (Fsp3) is 0.455. The monoisotopic (exact) mass is 289 g/mol. The zero-order valence-electron chi connectivity index (χ0n) is 11.3. The molecule has 110 valence electrons. The van der Waals surface area contributed by atoms with Gasteiger partial charge in [-0.1, -0.05) is 0 Å². The van der Waals surface area contributed by atoms with Gasteiger partial charge in [0, 0.05) is 19.0 Å². The average Bonchev–Trinajstić information content (AvgIpc) is 3.01. The Bertz CT molecular complexity index is 633. The molecule has 1 aliphatic heterocycles. The van der Waals surface area contributed by atoms with E-state index in [0.717, 1.165) is 0 Å². The second kappa shape index (κ2) is 5.31. The molecule has 0 spiro atoms. The van der Waals surface area contributed by atoms with E-state index in [2.05, 4.69) is 25.0 Å². The number of carbonyl (C=O) groups excluding carboxylic acids is 1. The molecular formula is C11H15N9O. The number of amides is 1. The number of aromatic nitrogens is 6. The summed E-state index contributed by atoms with van der Waals surface area (Å²) >= 11 is 0. The second-order valence-electron chi connectivity index (χ2n) is 4.80. The Hall–Kier alpha value is -2.78. The zero-order chi connectivity index (χ0) is 14.8. The molecule has 0 aliphatic carbocycles. The van der Waals surface area contributed by atoms with Crippen LogP contribution in [0.25, 0.3) is 5.95 Å². The first-order valence-corrected chi connectivity index (χ1v) is 6.54. The average molecular weight is 289 g/mol. The number of rotatable bonds is 3. The van der Waals surface area contributed by atoms with E-state index in [1.807, 2.05) is 4.90 Å². The van der Waals surface area contributed by atoms with E-state index in [-0.39, 0.29) is 17.8 Å². The number of hydrogen-bond acceptors (Lipinski definition) is 8. The lowest BCUT2D eigenvalue weighted by molar-refractivity contribution is -0.122. The predicted molar refractivity (Wildman–Crippen MR) is 73.3 cm³/mol. The second-order valence-corrected chi connectivity index (χ2v) is 4.80. The number of primary amides is 1. The van der Waals surface area contributed by atoms with Gasteiger partial charge in [-0.05, 0) is 12.8 Å². The van der Waals surface area contributed by atoms with E-state index in [1.54, 1.807) is 0 Å². The largest absolute Gasteiger partial charge is 0.369 e. The highest BCUT2D eigenvalue weighted by Crippen LogP contribution is 2.21. The molecule has 0 saturated carbocycles. The maximum Gasteiger partial charge on any atom is 0.258 e. The van der Waals surface area contributed by atoms with Crippen molar-refractivity contribution in [2.24, 2.45) is 11.7 Å². The molecule has 0 radical (unpaired) electrons. The molecule has 3 heterocycles. The predicted octanol–water partition coefficient (Wildman–Crippen LogP) is -1.26. The summed E-state index contributed by atoms with van der Waals surface area (Å²) in [4.78, 5) is 29.5. The van der Waals surface area contributed by atoms with Crippen molar-refractivity contribution in [3.05, 3.63) is 12.7 Å². The molecular weight excluding hydrogens is 274 g/mol. The lowest BCUT2D eigenvalue weighted by Crippen LogP contribution is -2.39. The molecule has 10 nitrogen and oxygen atoms in total. The number of anilines is 2. The van der Waals surface area contributed by atoms with Crippen molar-refractivity contribution < 1.29 is 4.79 Å². The van der Waals surface area contributed by atoms with Gasteiger partial charge < -0.3 is 16.4 Å². The van der Waals surface area contributed by atoms with Gasteiger partial charge >= 0.3 is 0 Å². The van der Waals surface area contributed by atoms with E-state index in [1.165, 1.54) is 17.3 Å². The van der Waals surface area contributed by atoms with E-state index in [9.17, 15) is 4.79 Å². The maximum absolute atomic E-state index is 11.2. The molecule has 2 aromatic rings. The molecule has 0 aromatic carbocycles. The van der Waals surface area contributed by atoms with Gasteiger partial charge in [0.15, 0.2) is 0 Å². The Kier molecular flexibility index (Phi) is 3.34. The highest BCUT2D eigenvalue weighted by molar-refractivity contribution is 5.76. The minimum atomic E-state index is -0.256. The third-order valence-electron chi connectivity index (χ3n) is 3.43. The van der Waals surface area contributed by atoms with Crippen LogP contribution >= 0.6 is 0 Å². The number of nitrogens with zero attached hydrogens (tertiary/aromatic N) is 7. The molecule has 2 aromatic heterocycles. The number of piperidine rings is 1. The fourth-order valence-corrected chi connectivity index (χ4v) is 2.29. The number of nitrogens with two attached hydrogens (primary N) is 2. The third-order valence-corrected chi connectivity index (χ3v) is 3.43. The van der Waals surface area contributed by atoms with Crippen LogP contribution in [0.5, 0.6) is 0 Å². The van der Waals surface area contributed by atoms with Crippen LogP contribution in [0, 0.1) is 5.92 Å². The highest BCUT2D eigenvalue weighted by atomic mass is 16.1. The first kappa shape index (κ1) is 13.2. The summed E-state index contributed by atoms with van der Waals surface area (Å²) in [6.07, 6.45) is 4.23. The molecule has 1 aliphatic rings. The van der Waals surface area contributed by atoms with E-state index in [4.69, 9.17) is 11.5 Å². The fourth-order valence-electron chi connectivity index (χ4n) is 2.29. The van der Waals surface area contributed by atoms with Gasteiger partial charge in [0.1, 0.15) is 12.7 Å². The van der Waals surface area contributed by atoms with Crippen LogP contribution in [0.3, 0.4) is 0 Å². The van der Waals surface area contributed by atoms with E-state index >= 15 is 0 Å². The van der Waals surface area contributed by atoms with Crippen molar-refractivity contribution in [3.8, 4) is 5.95 Å². The van der Waals surface area contributed by atoms with Crippen LogP contribution in [-0.2, 0) is 4.79 Å². The molecule has 4 N–H and O–H groups in total. The highest BCUT2D eigenvalue weighted by Gasteiger charge is 2.25. The molecule has 1 saturated heterocycles. The van der Waals surface area contributed by atoms with Crippen molar-refractivity contribution >= 4 is 17.8 Å². The van der Waals surface area contributed by atoms with Crippen LogP contribution in [0.15, 0.2) is 12.7 Å². The number of carbonyl (C=O) groups is 1. The summed E-state index contributed by atoms with van der Waals surface area (Å²) in [6, 6.07) is 0. The van der Waals surface area contributed by atoms with E-state index < -0.39 is 0 Å². The third kappa shape index (κ3) is 2.73. The maximum atomic E-state index is 11.2. The van der Waals surface area contributed by atoms with Crippen LogP contribution < -0.4 is 16.4 Å². The topological polar surface area (TPSA) is 142 Å². The normalized spacial score (nSPS) is 16.1.